The summed E-state index contributed by atoms with van der Waals surface area (Å²) >= 11 is 0. The molecule has 2 rings (SSSR count). The highest BCUT2D eigenvalue weighted by molar-refractivity contribution is 4.96. The van der Waals surface area contributed by atoms with E-state index in [1.807, 2.05) is 6.20 Å². The van der Waals surface area contributed by atoms with Gasteiger partial charge < -0.3 is 15.1 Å². The highest BCUT2D eigenvalue weighted by Gasteiger charge is 2.25. The molecule has 4 nitrogen and oxygen atoms in total. The normalized spacial score (nSPS) is 21.5. The van der Waals surface area contributed by atoms with Gasteiger partial charge in [0, 0.05) is 25.4 Å². The predicted octanol–water partition coefficient (Wildman–Crippen LogP) is 1.45. The van der Waals surface area contributed by atoms with Crippen LogP contribution in [0, 0.1) is 5.92 Å². The van der Waals surface area contributed by atoms with E-state index in [1.165, 1.54) is 19.5 Å². The molecule has 1 unspecified atom stereocenters. The molecule has 2 N–H and O–H groups in total. The maximum atomic E-state index is 5.67. The van der Waals surface area contributed by atoms with Crippen LogP contribution in [0.2, 0.25) is 0 Å². The molecule has 0 aromatic carbocycles. The minimum absolute atomic E-state index is 0.624. The quantitative estimate of drug-likeness (QED) is 0.842. The van der Waals surface area contributed by atoms with E-state index < -0.39 is 0 Å². The number of nitrogens with two attached hydrogens (primary N) is 1. The number of hydrogen-bond acceptors (Lipinski definition) is 4. The van der Waals surface area contributed by atoms with E-state index in [0.717, 1.165) is 24.5 Å². The van der Waals surface area contributed by atoms with Crippen LogP contribution in [0.5, 0.6) is 0 Å². The molecule has 1 fully saturated rings. The van der Waals surface area contributed by atoms with E-state index in [9.17, 15) is 0 Å². The van der Waals surface area contributed by atoms with E-state index in [-0.39, 0.29) is 0 Å². The van der Waals surface area contributed by atoms with Crippen LogP contribution >= 0.6 is 0 Å². The third-order valence-corrected chi connectivity index (χ3v) is 3.50. The van der Waals surface area contributed by atoms with Gasteiger partial charge >= 0.3 is 0 Å². The van der Waals surface area contributed by atoms with Crippen molar-refractivity contribution in [2.45, 2.75) is 39.2 Å². The SMILES string of the molecule is CC(C)N1CCC(Cc2ncc(CCN)o2)C1. The van der Waals surface area contributed by atoms with Crippen molar-refractivity contribution in [1.29, 1.82) is 0 Å². The number of aromatic nitrogens is 1. The molecule has 0 spiro atoms. The van der Waals surface area contributed by atoms with E-state index >= 15 is 0 Å². The van der Waals surface area contributed by atoms with Gasteiger partial charge in [0.05, 0.1) is 6.20 Å². The first kappa shape index (κ1) is 12.6. The van der Waals surface area contributed by atoms with E-state index in [2.05, 4.69) is 23.7 Å². The van der Waals surface area contributed by atoms with Gasteiger partial charge in [0.15, 0.2) is 5.89 Å². The maximum Gasteiger partial charge on any atom is 0.194 e. The smallest absolute Gasteiger partial charge is 0.194 e. The van der Waals surface area contributed by atoms with Crippen LogP contribution in [0.15, 0.2) is 10.6 Å². The van der Waals surface area contributed by atoms with Crippen LogP contribution < -0.4 is 5.73 Å². The second kappa shape index (κ2) is 5.65. The van der Waals surface area contributed by atoms with Crippen molar-refractivity contribution in [2.24, 2.45) is 11.7 Å². The zero-order valence-corrected chi connectivity index (χ0v) is 10.9. The average Bonchev–Trinajstić information content (AvgIpc) is 2.89. The Hall–Kier alpha value is -0.870. The fraction of sp³-hybridized carbons (Fsp3) is 0.769. The van der Waals surface area contributed by atoms with Crippen LogP contribution in [-0.4, -0.2) is 35.6 Å². The Bertz CT molecular complexity index is 348. The van der Waals surface area contributed by atoms with Gasteiger partial charge in [0.25, 0.3) is 0 Å². The monoisotopic (exact) mass is 237 g/mol. The Morgan fingerprint density at radius 1 is 1.59 bits per heavy atom. The second-order valence-corrected chi connectivity index (χ2v) is 5.21. The van der Waals surface area contributed by atoms with Crippen molar-refractivity contribution < 1.29 is 4.42 Å². The zero-order chi connectivity index (χ0) is 12.3. The summed E-state index contributed by atoms with van der Waals surface area (Å²) in [6.45, 7) is 7.52. The minimum atomic E-state index is 0.624. The van der Waals surface area contributed by atoms with Crippen LogP contribution in [0.25, 0.3) is 0 Å². The summed E-state index contributed by atoms with van der Waals surface area (Å²) in [4.78, 5) is 6.85. The number of hydrogen-bond donors (Lipinski definition) is 1. The van der Waals surface area contributed by atoms with E-state index in [1.54, 1.807) is 0 Å². The summed E-state index contributed by atoms with van der Waals surface area (Å²) in [5.74, 6) is 2.49. The van der Waals surface area contributed by atoms with Crippen molar-refractivity contribution in [3.8, 4) is 0 Å². The molecule has 2 heterocycles. The number of likely N-dealkylation sites (tertiary alicyclic amines) is 1. The molecular weight excluding hydrogens is 214 g/mol. The fourth-order valence-corrected chi connectivity index (χ4v) is 2.45. The topological polar surface area (TPSA) is 55.3 Å². The third kappa shape index (κ3) is 3.30. The van der Waals surface area contributed by atoms with Gasteiger partial charge in [0.1, 0.15) is 5.76 Å². The molecule has 1 atom stereocenters. The predicted molar refractivity (Wildman–Crippen MR) is 67.8 cm³/mol. The van der Waals surface area contributed by atoms with Gasteiger partial charge in [-0.25, -0.2) is 4.98 Å². The summed E-state index contributed by atoms with van der Waals surface area (Å²) in [6, 6.07) is 0.650. The van der Waals surface area contributed by atoms with Crippen LogP contribution in [0.4, 0.5) is 0 Å². The maximum absolute atomic E-state index is 5.67. The molecule has 4 heteroatoms. The Morgan fingerprint density at radius 3 is 3.06 bits per heavy atom. The molecule has 96 valence electrons. The number of nitrogens with zero attached hydrogens (tertiary/aromatic N) is 2. The summed E-state index contributed by atoms with van der Waals surface area (Å²) in [7, 11) is 0. The molecule has 0 aliphatic carbocycles. The largest absolute Gasteiger partial charge is 0.446 e. The van der Waals surface area contributed by atoms with Gasteiger partial charge in [-0.1, -0.05) is 0 Å². The third-order valence-electron chi connectivity index (χ3n) is 3.50. The van der Waals surface area contributed by atoms with Crippen molar-refractivity contribution in [3.05, 3.63) is 17.8 Å². The van der Waals surface area contributed by atoms with Crippen molar-refractivity contribution in [1.82, 2.24) is 9.88 Å². The van der Waals surface area contributed by atoms with Gasteiger partial charge in [-0.15, -0.1) is 0 Å². The van der Waals surface area contributed by atoms with Crippen molar-refractivity contribution in [3.63, 3.8) is 0 Å². The molecule has 1 aromatic rings. The Balaban J connectivity index is 1.84. The molecule has 17 heavy (non-hydrogen) atoms. The first-order valence-electron chi connectivity index (χ1n) is 6.56. The molecule has 1 saturated heterocycles. The lowest BCUT2D eigenvalue weighted by molar-refractivity contribution is 0.262. The molecule has 1 aliphatic heterocycles. The van der Waals surface area contributed by atoms with Crippen molar-refractivity contribution in [2.75, 3.05) is 19.6 Å². The highest BCUT2D eigenvalue weighted by Crippen LogP contribution is 2.22. The van der Waals surface area contributed by atoms with E-state index in [0.29, 0.717) is 18.5 Å². The van der Waals surface area contributed by atoms with Gasteiger partial charge in [0.2, 0.25) is 0 Å². The lowest BCUT2D eigenvalue weighted by Gasteiger charge is -2.19. The number of oxazole rings is 1. The molecule has 0 radical (unpaired) electrons. The minimum Gasteiger partial charge on any atom is -0.446 e. The Morgan fingerprint density at radius 2 is 2.41 bits per heavy atom. The Labute approximate surface area is 103 Å². The summed E-state index contributed by atoms with van der Waals surface area (Å²) in [5.41, 5.74) is 5.49. The van der Waals surface area contributed by atoms with Gasteiger partial charge in [-0.05, 0) is 39.3 Å². The fourth-order valence-electron chi connectivity index (χ4n) is 2.45. The highest BCUT2D eigenvalue weighted by atomic mass is 16.4. The molecular formula is C13H23N3O. The summed E-state index contributed by atoms with van der Waals surface area (Å²) in [5, 5.41) is 0. The average molecular weight is 237 g/mol. The van der Waals surface area contributed by atoms with Crippen molar-refractivity contribution >= 4 is 0 Å². The standard InChI is InChI=1S/C13H23N3O/c1-10(2)16-6-4-11(9-16)7-13-15-8-12(17-13)3-5-14/h8,10-11H,3-7,9,14H2,1-2H3. The molecule has 1 aromatic heterocycles. The van der Waals surface area contributed by atoms with Crippen LogP contribution in [-0.2, 0) is 12.8 Å². The van der Waals surface area contributed by atoms with E-state index in [4.69, 9.17) is 10.2 Å². The Kier molecular flexibility index (Phi) is 4.18. The van der Waals surface area contributed by atoms with Gasteiger partial charge in [-0.3, -0.25) is 0 Å². The lowest BCUT2D eigenvalue weighted by Crippen LogP contribution is -2.28. The first-order valence-corrected chi connectivity index (χ1v) is 6.56. The first-order chi connectivity index (χ1) is 8.19. The number of rotatable bonds is 5. The second-order valence-electron chi connectivity index (χ2n) is 5.21. The van der Waals surface area contributed by atoms with Gasteiger partial charge in [-0.2, -0.15) is 0 Å². The zero-order valence-electron chi connectivity index (χ0n) is 10.9. The molecule has 0 bridgehead atoms. The van der Waals surface area contributed by atoms with Crippen LogP contribution in [0.1, 0.15) is 31.9 Å². The van der Waals surface area contributed by atoms with Crippen LogP contribution in [0.3, 0.4) is 0 Å². The molecule has 1 aliphatic rings. The molecule has 0 amide bonds. The lowest BCUT2D eigenvalue weighted by atomic mass is 10.1. The summed E-state index contributed by atoms with van der Waals surface area (Å²) in [6.07, 6.45) is 4.83. The summed E-state index contributed by atoms with van der Waals surface area (Å²) < 4.78 is 5.67. The molecule has 0 saturated carbocycles.